The number of hydrogen-bond acceptors (Lipinski definition) is 11. The number of aliphatic hydroxyl groups is 3. The van der Waals surface area contributed by atoms with E-state index in [4.69, 9.17) is 31.9 Å². The molecule has 5 rings (SSSR count). The molecule has 2 aliphatic heterocycles. The highest BCUT2D eigenvalue weighted by molar-refractivity contribution is 6.35. The van der Waals surface area contributed by atoms with E-state index >= 15 is 0 Å². The average Bonchev–Trinajstić information content (AvgIpc) is 3.38. The number of anilines is 1. The number of carboxylic acid groups (broad SMARTS) is 1. The first kappa shape index (κ1) is 28.5. The quantitative estimate of drug-likeness (QED) is 0.166. The number of aliphatic carboxylic acids is 1. The number of halogens is 1. The summed E-state index contributed by atoms with van der Waals surface area (Å²) in [6.07, 6.45) is -3.46. The van der Waals surface area contributed by atoms with Crippen molar-refractivity contribution in [1.82, 2.24) is 15.2 Å². The number of ether oxygens (including phenoxy) is 2. The number of piperidine rings is 1. The zero-order valence-corrected chi connectivity index (χ0v) is 22.2. The molecule has 7 N–H and O–H groups in total. The number of amides is 1. The Morgan fingerprint density at radius 2 is 1.88 bits per heavy atom. The molecule has 2 saturated heterocycles. The summed E-state index contributed by atoms with van der Waals surface area (Å²) in [7, 11) is 0. The minimum absolute atomic E-state index is 0.0878. The van der Waals surface area contributed by atoms with E-state index in [9.17, 15) is 29.7 Å². The van der Waals surface area contributed by atoms with Gasteiger partial charge in [0.1, 0.15) is 0 Å². The number of nitrogens with two attached hydrogens (primary N) is 1. The number of carboxylic acids is 1. The molecule has 1 saturated carbocycles. The van der Waals surface area contributed by atoms with E-state index in [1.165, 1.54) is 18.2 Å². The molecule has 1 aliphatic carbocycles. The van der Waals surface area contributed by atoms with Gasteiger partial charge in [-0.2, -0.15) is 0 Å². The Balaban J connectivity index is 1.23. The maximum absolute atomic E-state index is 13.2. The lowest BCUT2D eigenvalue weighted by Crippen LogP contribution is -2.47. The van der Waals surface area contributed by atoms with Gasteiger partial charge in [0, 0.05) is 63.7 Å². The summed E-state index contributed by atoms with van der Waals surface area (Å²) in [5.74, 6) is -2.85. The van der Waals surface area contributed by atoms with Crippen LogP contribution in [-0.4, -0.2) is 105 Å². The monoisotopic (exact) mass is 578 g/mol. The van der Waals surface area contributed by atoms with Crippen molar-refractivity contribution in [2.24, 2.45) is 17.8 Å². The highest BCUT2D eigenvalue weighted by atomic mass is 35.5. The van der Waals surface area contributed by atoms with Crippen LogP contribution < -0.4 is 15.8 Å². The van der Waals surface area contributed by atoms with E-state index < -0.39 is 35.7 Å². The van der Waals surface area contributed by atoms with Crippen LogP contribution in [0.4, 0.5) is 5.69 Å². The standard InChI is InChI=1S/C26H31ClN4O9/c27-17-7-13(20-12(19(17)28)1-2-18(30-20)40-25(37)22(33)21(32)24(35)36)23(34)29-8-14-15-9-31(10-16(14)15)11-26(38)3-5-39-6-4-26/h1-2,7,14-16,21-22,32-33,38H,3-6,8-11,28H2,(H,29,34)(H,35,36). The normalized spacial score (nSPS) is 25.1. The maximum Gasteiger partial charge on any atom is 0.345 e. The van der Waals surface area contributed by atoms with Crippen molar-refractivity contribution in [3.8, 4) is 5.88 Å². The summed E-state index contributed by atoms with van der Waals surface area (Å²) < 4.78 is 10.3. The van der Waals surface area contributed by atoms with Crippen molar-refractivity contribution in [1.29, 1.82) is 0 Å². The number of carbonyl (C=O) groups excluding carboxylic acids is 2. The molecule has 14 heteroatoms. The van der Waals surface area contributed by atoms with Crippen molar-refractivity contribution >= 4 is 46.0 Å². The first-order valence-electron chi connectivity index (χ1n) is 13.0. The fourth-order valence-electron chi connectivity index (χ4n) is 5.72. The predicted octanol–water partition coefficient (Wildman–Crippen LogP) is -0.369. The topological polar surface area (TPSA) is 205 Å². The Hall–Kier alpha value is -3.07. The van der Waals surface area contributed by atoms with E-state index in [2.05, 4.69) is 15.2 Å². The summed E-state index contributed by atoms with van der Waals surface area (Å²) in [6.45, 7) is 3.95. The molecule has 1 amide bonds. The van der Waals surface area contributed by atoms with Gasteiger partial charge < -0.3 is 41.0 Å². The van der Waals surface area contributed by atoms with Crippen LogP contribution in [0.2, 0.25) is 5.02 Å². The van der Waals surface area contributed by atoms with E-state index in [-0.39, 0.29) is 27.7 Å². The fraction of sp³-hybridized carbons (Fsp3) is 0.538. The van der Waals surface area contributed by atoms with Crippen LogP contribution in [0.5, 0.6) is 5.88 Å². The first-order valence-corrected chi connectivity index (χ1v) is 13.4. The largest absolute Gasteiger partial charge is 0.479 e. The smallest absolute Gasteiger partial charge is 0.345 e. The second-order valence-corrected chi connectivity index (χ2v) is 11.2. The van der Waals surface area contributed by atoms with Crippen LogP contribution >= 0.6 is 11.6 Å². The van der Waals surface area contributed by atoms with Gasteiger partial charge in [-0.05, 0) is 29.9 Å². The highest BCUT2D eigenvalue weighted by Crippen LogP contribution is 2.51. The van der Waals surface area contributed by atoms with E-state index in [1.807, 2.05) is 0 Å². The molecule has 216 valence electrons. The molecule has 40 heavy (non-hydrogen) atoms. The number of nitrogens with one attached hydrogen (secondary N) is 1. The molecule has 0 spiro atoms. The number of esters is 1. The molecular formula is C26H31ClN4O9. The van der Waals surface area contributed by atoms with Crippen LogP contribution in [0.25, 0.3) is 10.9 Å². The summed E-state index contributed by atoms with van der Waals surface area (Å²) in [6, 6.07) is 4.03. The van der Waals surface area contributed by atoms with Gasteiger partial charge in [0.05, 0.1) is 27.4 Å². The number of likely N-dealkylation sites (tertiary alicyclic amines) is 1. The van der Waals surface area contributed by atoms with Gasteiger partial charge in [-0.25, -0.2) is 14.6 Å². The van der Waals surface area contributed by atoms with Gasteiger partial charge in [0.15, 0.2) is 12.2 Å². The Morgan fingerprint density at radius 3 is 2.52 bits per heavy atom. The van der Waals surface area contributed by atoms with Gasteiger partial charge in [-0.3, -0.25) is 9.69 Å². The number of aromatic nitrogens is 1. The minimum atomic E-state index is -2.38. The molecule has 4 unspecified atom stereocenters. The molecule has 4 atom stereocenters. The lowest BCUT2D eigenvalue weighted by molar-refractivity contribution is -0.164. The average molecular weight is 579 g/mol. The number of carbonyl (C=O) groups is 3. The second kappa shape index (κ2) is 11.1. The van der Waals surface area contributed by atoms with Crippen LogP contribution in [0.3, 0.4) is 0 Å². The molecule has 13 nitrogen and oxygen atoms in total. The SMILES string of the molecule is Nc1c(Cl)cc(C(=O)NCC2C3CN(CC4(O)CCOCC4)CC23)c2nc(OC(=O)C(O)C(O)C(=O)O)ccc12. The molecule has 0 bridgehead atoms. The number of benzene rings is 1. The van der Waals surface area contributed by atoms with Crippen LogP contribution in [-0.2, 0) is 14.3 Å². The highest BCUT2D eigenvalue weighted by Gasteiger charge is 2.56. The van der Waals surface area contributed by atoms with Crippen molar-refractivity contribution in [3.63, 3.8) is 0 Å². The molecule has 1 aromatic heterocycles. The first-order chi connectivity index (χ1) is 19.0. The third-order valence-electron chi connectivity index (χ3n) is 8.07. The lowest BCUT2D eigenvalue weighted by Gasteiger charge is -2.36. The summed E-state index contributed by atoms with van der Waals surface area (Å²) >= 11 is 6.26. The number of aliphatic hydroxyl groups excluding tert-OH is 2. The van der Waals surface area contributed by atoms with E-state index in [1.54, 1.807) is 0 Å². The molecule has 0 radical (unpaired) electrons. The van der Waals surface area contributed by atoms with Crippen molar-refractivity contribution in [2.75, 3.05) is 45.1 Å². The minimum Gasteiger partial charge on any atom is -0.479 e. The Labute approximate surface area is 233 Å². The van der Waals surface area contributed by atoms with Gasteiger partial charge >= 0.3 is 11.9 Å². The number of β-amino-alcohol motifs (C(OH)–C–C–N with tert-alkyl or cyclic N) is 1. The third kappa shape index (κ3) is 5.71. The summed E-state index contributed by atoms with van der Waals surface area (Å²) in [5, 5.41) is 42.1. The molecule has 2 aromatic rings. The van der Waals surface area contributed by atoms with Crippen LogP contribution in [0.15, 0.2) is 18.2 Å². The third-order valence-corrected chi connectivity index (χ3v) is 8.39. The number of pyridine rings is 1. The van der Waals surface area contributed by atoms with Gasteiger partial charge in [0.2, 0.25) is 5.88 Å². The Bertz CT molecular complexity index is 1320. The molecule has 3 aliphatic rings. The molecule has 1 aromatic carbocycles. The van der Waals surface area contributed by atoms with Gasteiger partial charge in [-0.15, -0.1) is 0 Å². The Morgan fingerprint density at radius 1 is 1.20 bits per heavy atom. The zero-order chi connectivity index (χ0) is 28.8. The summed E-state index contributed by atoms with van der Waals surface area (Å²) in [4.78, 5) is 42.6. The van der Waals surface area contributed by atoms with Gasteiger partial charge in [0.25, 0.3) is 5.91 Å². The van der Waals surface area contributed by atoms with Crippen molar-refractivity contribution < 1.29 is 44.3 Å². The zero-order valence-electron chi connectivity index (χ0n) is 21.5. The summed E-state index contributed by atoms with van der Waals surface area (Å²) in [5.41, 5.74) is 5.69. The van der Waals surface area contributed by atoms with Crippen molar-refractivity contribution in [3.05, 3.63) is 28.8 Å². The molecule has 3 fully saturated rings. The Kier molecular flexibility index (Phi) is 7.88. The number of rotatable bonds is 9. The number of hydrogen-bond donors (Lipinski definition) is 6. The predicted molar refractivity (Wildman–Crippen MR) is 141 cm³/mol. The van der Waals surface area contributed by atoms with E-state index in [0.29, 0.717) is 62.3 Å². The number of nitrogens with zero attached hydrogens (tertiary/aromatic N) is 2. The van der Waals surface area contributed by atoms with Crippen LogP contribution in [0.1, 0.15) is 23.2 Å². The molecular weight excluding hydrogens is 548 g/mol. The van der Waals surface area contributed by atoms with Crippen LogP contribution in [0, 0.1) is 17.8 Å². The van der Waals surface area contributed by atoms with Crippen molar-refractivity contribution in [2.45, 2.75) is 30.7 Å². The lowest BCUT2D eigenvalue weighted by atomic mass is 9.93. The number of fused-ring (bicyclic) bond motifs is 2. The van der Waals surface area contributed by atoms with E-state index in [0.717, 1.165) is 13.1 Å². The maximum atomic E-state index is 13.2. The fourth-order valence-corrected chi connectivity index (χ4v) is 5.93. The van der Waals surface area contributed by atoms with Gasteiger partial charge in [-0.1, -0.05) is 11.6 Å². The molecule has 3 heterocycles. The second-order valence-electron chi connectivity index (χ2n) is 10.7. The number of nitrogen functional groups attached to an aromatic ring is 1.